The van der Waals surface area contributed by atoms with Gasteiger partial charge in [-0.2, -0.15) is 0 Å². The lowest BCUT2D eigenvalue weighted by Crippen LogP contribution is -2.40. The second kappa shape index (κ2) is 5.89. The monoisotopic (exact) mass is 377 g/mol. The highest BCUT2D eigenvalue weighted by Gasteiger charge is 2.49. The van der Waals surface area contributed by atoms with Crippen molar-refractivity contribution in [2.24, 2.45) is 0 Å². The van der Waals surface area contributed by atoms with Crippen molar-refractivity contribution in [2.75, 3.05) is 0 Å². The van der Waals surface area contributed by atoms with Gasteiger partial charge in [0.25, 0.3) is 5.91 Å². The van der Waals surface area contributed by atoms with Crippen LogP contribution in [-0.2, 0) is 29.7 Å². The van der Waals surface area contributed by atoms with Crippen LogP contribution in [0.3, 0.4) is 0 Å². The van der Waals surface area contributed by atoms with Crippen LogP contribution < -0.4 is 5.32 Å². The minimum absolute atomic E-state index is 0.199. The Hall–Kier alpha value is -2.73. The average Bonchev–Trinajstić information content (AvgIpc) is 3.34. The smallest absolute Gasteiger partial charge is 0.319 e. The number of benzene rings is 2. The Morgan fingerprint density at radius 1 is 1.15 bits per heavy atom. The number of imide groups is 1. The van der Waals surface area contributed by atoms with Gasteiger partial charge in [0.15, 0.2) is 0 Å². The van der Waals surface area contributed by atoms with Crippen molar-refractivity contribution in [1.29, 1.82) is 0 Å². The summed E-state index contributed by atoms with van der Waals surface area (Å²) in [7, 11) is 0. The first-order chi connectivity index (χ1) is 13.0. The van der Waals surface area contributed by atoms with Crippen LogP contribution in [0.5, 0.6) is 0 Å². The third kappa shape index (κ3) is 2.55. The van der Waals surface area contributed by atoms with Crippen LogP contribution in [0.4, 0.5) is 4.79 Å². The maximum Gasteiger partial charge on any atom is 0.325 e. The molecular formula is C21H19N3O2S. The number of carbonyl (C=O) groups excluding carboxylic acids is 2. The van der Waals surface area contributed by atoms with Gasteiger partial charge >= 0.3 is 6.03 Å². The fraction of sp³-hybridized carbons (Fsp3) is 0.286. The summed E-state index contributed by atoms with van der Waals surface area (Å²) in [5.41, 5.74) is 3.37. The quantitative estimate of drug-likeness (QED) is 0.707. The van der Waals surface area contributed by atoms with Crippen LogP contribution >= 0.6 is 11.3 Å². The fourth-order valence-electron chi connectivity index (χ4n) is 4.04. The van der Waals surface area contributed by atoms with Crippen LogP contribution in [0.15, 0.2) is 42.5 Å². The van der Waals surface area contributed by atoms with Gasteiger partial charge in [0, 0.05) is 0 Å². The van der Waals surface area contributed by atoms with Gasteiger partial charge in [-0.3, -0.25) is 9.69 Å². The number of para-hydroxylation sites is 1. The van der Waals surface area contributed by atoms with E-state index >= 15 is 0 Å². The zero-order valence-electron chi connectivity index (χ0n) is 15.0. The molecule has 0 saturated carbocycles. The molecule has 3 amide bonds. The number of nitrogens with one attached hydrogen (secondary N) is 1. The number of aromatic nitrogens is 1. The van der Waals surface area contributed by atoms with Crippen molar-refractivity contribution < 1.29 is 9.59 Å². The third-order valence-electron chi connectivity index (χ3n) is 5.58. The number of thiazole rings is 1. The van der Waals surface area contributed by atoms with Gasteiger partial charge in [0.05, 0.1) is 16.8 Å². The van der Waals surface area contributed by atoms with Crippen LogP contribution in [0.25, 0.3) is 10.2 Å². The Bertz CT molecular complexity index is 1060. The zero-order valence-corrected chi connectivity index (χ0v) is 15.8. The van der Waals surface area contributed by atoms with Crippen molar-refractivity contribution in [3.8, 4) is 0 Å². The predicted octanol–water partition coefficient (Wildman–Crippen LogP) is 3.75. The number of amides is 3. The first kappa shape index (κ1) is 16.4. The second-order valence-electron chi connectivity index (χ2n) is 7.36. The van der Waals surface area contributed by atoms with E-state index in [0.29, 0.717) is 0 Å². The number of rotatable bonds is 3. The molecule has 1 fully saturated rings. The molecule has 2 heterocycles. The van der Waals surface area contributed by atoms with E-state index in [9.17, 15) is 9.59 Å². The van der Waals surface area contributed by atoms with Crippen LogP contribution in [-0.4, -0.2) is 21.8 Å². The first-order valence-corrected chi connectivity index (χ1v) is 9.97. The van der Waals surface area contributed by atoms with Crippen molar-refractivity contribution in [2.45, 2.75) is 38.3 Å². The lowest BCUT2D eigenvalue weighted by atomic mass is 9.90. The molecule has 2 aliphatic rings. The number of aryl methyl sites for hydroxylation is 2. The third-order valence-corrected chi connectivity index (χ3v) is 6.60. The summed E-state index contributed by atoms with van der Waals surface area (Å²) in [6, 6.07) is 13.6. The van der Waals surface area contributed by atoms with Crippen LogP contribution in [0.2, 0.25) is 0 Å². The summed E-state index contributed by atoms with van der Waals surface area (Å²) in [4.78, 5) is 31.6. The molecule has 2 aromatic carbocycles. The van der Waals surface area contributed by atoms with E-state index in [4.69, 9.17) is 0 Å². The number of hydrogen-bond acceptors (Lipinski definition) is 4. The van der Waals surface area contributed by atoms with E-state index < -0.39 is 5.54 Å². The zero-order chi connectivity index (χ0) is 18.6. The standard InChI is InChI=1S/C21H19N3O2S/c1-21(15-10-9-13-5-4-6-14(13)11-15)19(25)24(20(26)23-21)12-18-22-16-7-2-3-8-17(16)27-18/h2-3,7-11H,4-6,12H2,1H3,(H,23,26)/t21-/m0/s1. The summed E-state index contributed by atoms with van der Waals surface area (Å²) < 4.78 is 1.06. The molecule has 1 aliphatic carbocycles. The van der Waals surface area contributed by atoms with Crippen molar-refractivity contribution >= 4 is 33.5 Å². The van der Waals surface area contributed by atoms with E-state index in [0.717, 1.165) is 40.1 Å². The molecule has 5 rings (SSSR count). The van der Waals surface area contributed by atoms with Crippen molar-refractivity contribution in [1.82, 2.24) is 15.2 Å². The van der Waals surface area contributed by atoms with Crippen molar-refractivity contribution in [3.05, 3.63) is 64.2 Å². The molecule has 5 nitrogen and oxygen atoms in total. The van der Waals surface area contributed by atoms with Gasteiger partial charge in [0.1, 0.15) is 10.5 Å². The van der Waals surface area contributed by atoms with E-state index in [-0.39, 0.29) is 18.5 Å². The van der Waals surface area contributed by atoms with E-state index in [1.54, 1.807) is 6.92 Å². The number of urea groups is 1. The Kier molecular flexibility index (Phi) is 3.59. The molecule has 27 heavy (non-hydrogen) atoms. The van der Waals surface area contributed by atoms with Gasteiger partial charge < -0.3 is 5.32 Å². The maximum absolute atomic E-state index is 13.2. The largest absolute Gasteiger partial charge is 0.325 e. The predicted molar refractivity (Wildman–Crippen MR) is 105 cm³/mol. The maximum atomic E-state index is 13.2. The molecule has 0 unspecified atom stereocenters. The topological polar surface area (TPSA) is 62.3 Å². The van der Waals surface area contributed by atoms with Gasteiger partial charge in [-0.15, -0.1) is 11.3 Å². The van der Waals surface area contributed by atoms with Gasteiger partial charge in [-0.25, -0.2) is 9.78 Å². The Morgan fingerprint density at radius 2 is 1.96 bits per heavy atom. The van der Waals surface area contributed by atoms with Crippen LogP contribution in [0, 0.1) is 0 Å². The average molecular weight is 377 g/mol. The lowest BCUT2D eigenvalue weighted by molar-refractivity contribution is -0.131. The molecule has 0 spiro atoms. The van der Waals surface area contributed by atoms with Crippen molar-refractivity contribution in [3.63, 3.8) is 0 Å². The van der Waals surface area contributed by atoms with Crippen LogP contribution in [0.1, 0.15) is 35.0 Å². The molecule has 0 radical (unpaired) electrons. The Balaban J connectivity index is 1.45. The summed E-state index contributed by atoms with van der Waals surface area (Å²) in [6.07, 6.45) is 3.28. The van der Waals surface area contributed by atoms with Gasteiger partial charge in [-0.1, -0.05) is 30.3 Å². The molecule has 6 heteroatoms. The molecule has 1 saturated heterocycles. The van der Waals surface area contributed by atoms with Gasteiger partial charge in [-0.05, 0) is 55.0 Å². The number of fused-ring (bicyclic) bond motifs is 2. The highest BCUT2D eigenvalue weighted by atomic mass is 32.1. The van der Waals surface area contributed by atoms with E-state index in [1.165, 1.54) is 27.4 Å². The number of hydrogen-bond donors (Lipinski definition) is 1. The Labute approximate surface area is 161 Å². The molecular weight excluding hydrogens is 358 g/mol. The number of nitrogens with zero attached hydrogens (tertiary/aromatic N) is 2. The molecule has 1 N–H and O–H groups in total. The summed E-state index contributed by atoms with van der Waals surface area (Å²) in [5.74, 6) is -0.218. The summed E-state index contributed by atoms with van der Waals surface area (Å²) in [6.45, 7) is 1.99. The summed E-state index contributed by atoms with van der Waals surface area (Å²) in [5, 5.41) is 3.67. The van der Waals surface area contributed by atoms with E-state index in [1.807, 2.05) is 30.3 Å². The molecule has 1 aliphatic heterocycles. The molecule has 1 atom stereocenters. The second-order valence-corrected chi connectivity index (χ2v) is 8.47. The fourth-order valence-corrected chi connectivity index (χ4v) is 5.00. The molecule has 136 valence electrons. The van der Waals surface area contributed by atoms with E-state index in [2.05, 4.69) is 22.4 Å². The molecule has 0 bridgehead atoms. The highest BCUT2D eigenvalue weighted by molar-refractivity contribution is 7.18. The highest BCUT2D eigenvalue weighted by Crippen LogP contribution is 2.34. The summed E-state index contributed by atoms with van der Waals surface area (Å²) >= 11 is 1.52. The molecule has 3 aromatic rings. The van der Waals surface area contributed by atoms with Gasteiger partial charge in [0.2, 0.25) is 0 Å². The number of carbonyl (C=O) groups is 2. The minimum atomic E-state index is -1.02. The Morgan fingerprint density at radius 3 is 2.81 bits per heavy atom. The molecule has 1 aromatic heterocycles. The SMILES string of the molecule is C[C@@]1(c2ccc3c(c2)CCC3)NC(=O)N(Cc2nc3ccccc3s2)C1=O. The minimum Gasteiger partial charge on any atom is -0.319 e. The first-order valence-electron chi connectivity index (χ1n) is 9.15. The lowest BCUT2D eigenvalue weighted by Gasteiger charge is -2.23. The normalized spacial score (nSPS) is 21.7.